The van der Waals surface area contributed by atoms with Crippen molar-refractivity contribution in [3.63, 3.8) is 0 Å². The lowest BCUT2D eigenvalue weighted by atomic mass is 10.4. The van der Waals surface area contributed by atoms with Gasteiger partial charge in [0.05, 0.1) is 0 Å². The highest BCUT2D eigenvalue weighted by atomic mass is 33.1. The van der Waals surface area contributed by atoms with E-state index < -0.39 is 0 Å². The summed E-state index contributed by atoms with van der Waals surface area (Å²) in [4.78, 5) is 3.44. The Kier molecular flexibility index (Phi) is 6.13. The van der Waals surface area contributed by atoms with E-state index in [4.69, 9.17) is 12.2 Å². The van der Waals surface area contributed by atoms with Gasteiger partial charge in [0.2, 0.25) is 0 Å². The Morgan fingerprint density at radius 1 is 1.20 bits per heavy atom. The molecule has 0 aliphatic carbocycles. The first-order valence-electron chi connectivity index (χ1n) is 4.96. The van der Waals surface area contributed by atoms with Gasteiger partial charge < -0.3 is 4.90 Å². The Labute approximate surface area is 105 Å². The van der Waals surface area contributed by atoms with E-state index in [1.807, 2.05) is 18.2 Å². The zero-order chi connectivity index (χ0) is 11.1. The molecule has 0 saturated heterocycles. The van der Waals surface area contributed by atoms with Crippen molar-refractivity contribution in [2.24, 2.45) is 0 Å². The fourth-order valence-electron chi connectivity index (χ4n) is 1.09. The standard InChI is InChI=1S/C11H15NS3/c1-3-12(4-2)11(13)15-14-10-8-6-5-7-9-10/h5-9H,3-4H2,1-2H3. The molecule has 0 unspecified atom stereocenters. The quantitative estimate of drug-likeness (QED) is 0.591. The van der Waals surface area contributed by atoms with Gasteiger partial charge in [0.15, 0.2) is 0 Å². The van der Waals surface area contributed by atoms with Crippen LogP contribution in [-0.4, -0.2) is 22.3 Å². The zero-order valence-corrected chi connectivity index (χ0v) is 11.4. The number of thiocarbonyl (C=S) groups is 1. The lowest BCUT2D eigenvalue weighted by molar-refractivity contribution is 0.482. The van der Waals surface area contributed by atoms with E-state index in [0.717, 1.165) is 17.4 Å². The number of rotatable bonds is 4. The van der Waals surface area contributed by atoms with Gasteiger partial charge in [0, 0.05) is 18.0 Å². The fraction of sp³-hybridized carbons (Fsp3) is 0.364. The Morgan fingerprint density at radius 2 is 1.80 bits per heavy atom. The average Bonchev–Trinajstić information content (AvgIpc) is 2.29. The molecule has 1 aromatic rings. The van der Waals surface area contributed by atoms with E-state index in [-0.39, 0.29) is 0 Å². The van der Waals surface area contributed by atoms with Gasteiger partial charge in [-0.05, 0) is 36.8 Å². The third kappa shape index (κ3) is 4.45. The molecule has 0 amide bonds. The van der Waals surface area contributed by atoms with Crippen LogP contribution in [0.25, 0.3) is 0 Å². The molecule has 4 heteroatoms. The van der Waals surface area contributed by atoms with E-state index in [0.29, 0.717) is 0 Å². The highest BCUT2D eigenvalue weighted by Crippen LogP contribution is 2.32. The van der Waals surface area contributed by atoms with Gasteiger partial charge in [-0.3, -0.25) is 0 Å². The molecule has 0 spiro atoms. The summed E-state index contributed by atoms with van der Waals surface area (Å²) in [6.45, 7) is 6.22. The van der Waals surface area contributed by atoms with Crippen LogP contribution in [0.15, 0.2) is 35.2 Å². The maximum atomic E-state index is 5.34. The summed E-state index contributed by atoms with van der Waals surface area (Å²) in [7, 11) is 3.38. The van der Waals surface area contributed by atoms with Crippen molar-refractivity contribution in [1.29, 1.82) is 0 Å². The van der Waals surface area contributed by atoms with E-state index in [1.165, 1.54) is 4.90 Å². The molecular formula is C11H15NS3. The molecule has 15 heavy (non-hydrogen) atoms. The molecule has 0 atom stereocenters. The maximum absolute atomic E-state index is 5.34. The van der Waals surface area contributed by atoms with Crippen molar-refractivity contribution in [3.05, 3.63) is 30.3 Å². The van der Waals surface area contributed by atoms with Crippen LogP contribution in [0.4, 0.5) is 0 Å². The summed E-state index contributed by atoms with van der Waals surface area (Å²) < 4.78 is 0.967. The number of hydrogen-bond acceptors (Lipinski definition) is 3. The lowest BCUT2D eigenvalue weighted by Gasteiger charge is -2.20. The summed E-state index contributed by atoms with van der Waals surface area (Å²) in [5.74, 6) is 0. The van der Waals surface area contributed by atoms with Crippen LogP contribution in [-0.2, 0) is 0 Å². The first-order chi connectivity index (χ1) is 7.27. The second-order valence-electron chi connectivity index (χ2n) is 2.92. The molecule has 0 radical (unpaired) electrons. The van der Waals surface area contributed by atoms with Crippen LogP contribution >= 0.6 is 33.8 Å². The topological polar surface area (TPSA) is 3.24 Å². The van der Waals surface area contributed by atoms with E-state index in [9.17, 15) is 0 Å². The molecule has 0 aliphatic heterocycles. The zero-order valence-electron chi connectivity index (χ0n) is 8.97. The number of benzene rings is 1. The Hall–Kier alpha value is -0.190. The summed E-state index contributed by atoms with van der Waals surface area (Å²) >= 11 is 5.34. The Balaban J connectivity index is 2.40. The molecule has 1 nitrogen and oxygen atoms in total. The molecule has 0 heterocycles. The van der Waals surface area contributed by atoms with E-state index in [2.05, 4.69) is 30.9 Å². The molecule has 0 aromatic heterocycles. The fourth-order valence-corrected chi connectivity index (χ4v) is 3.61. The van der Waals surface area contributed by atoms with Gasteiger partial charge >= 0.3 is 0 Å². The van der Waals surface area contributed by atoms with Crippen LogP contribution < -0.4 is 0 Å². The van der Waals surface area contributed by atoms with E-state index in [1.54, 1.807) is 21.6 Å². The maximum Gasteiger partial charge on any atom is 0.147 e. The monoisotopic (exact) mass is 257 g/mol. The van der Waals surface area contributed by atoms with Crippen molar-refractivity contribution in [1.82, 2.24) is 4.90 Å². The normalized spacial score (nSPS) is 10.0. The second kappa shape index (κ2) is 7.14. The van der Waals surface area contributed by atoms with E-state index >= 15 is 0 Å². The third-order valence-electron chi connectivity index (χ3n) is 1.97. The molecule has 0 bridgehead atoms. The number of nitrogens with zero attached hydrogens (tertiary/aromatic N) is 1. The van der Waals surface area contributed by atoms with Crippen molar-refractivity contribution >= 4 is 38.1 Å². The van der Waals surface area contributed by atoms with Crippen LogP contribution in [0.2, 0.25) is 0 Å². The van der Waals surface area contributed by atoms with Gasteiger partial charge in [-0.15, -0.1) is 0 Å². The highest BCUT2D eigenvalue weighted by Gasteiger charge is 2.06. The molecule has 0 fully saturated rings. The van der Waals surface area contributed by atoms with Crippen LogP contribution in [0.1, 0.15) is 13.8 Å². The smallest absolute Gasteiger partial charge is 0.147 e. The SMILES string of the molecule is CCN(CC)C(=S)SSc1ccccc1. The predicted octanol–water partition coefficient (Wildman–Crippen LogP) is 4.05. The minimum atomic E-state index is 0.967. The highest BCUT2D eigenvalue weighted by molar-refractivity contribution is 8.83. The van der Waals surface area contributed by atoms with Gasteiger partial charge in [0.1, 0.15) is 4.32 Å². The molecule has 1 rings (SSSR count). The molecule has 82 valence electrons. The summed E-state index contributed by atoms with van der Waals surface area (Å²) in [5, 5.41) is 0. The first-order valence-corrected chi connectivity index (χ1v) is 7.52. The molecule has 0 N–H and O–H groups in total. The number of hydrogen-bond donors (Lipinski definition) is 0. The van der Waals surface area contributed by atoms with Crippen molar-refractivity contribution in [3.8, 4) is 0 Å². The summed E-state index contributed by atoms with van der Waals surface area (Å²) in [6.07, 6.45) is 0. The van der Waals surface area contributed by atoms with Gasteiger partial charge in [-0.25, -0.2) is 0 Å². The largest absolute Gasteiger partial charge is 0.357 e. The minimum absolute atomic E-state index is 0.967. The molecular weight excluding hydrogens is 242 g/mol. The lowest BCUT2D eigenvalue weighted by Crippen LogP contribution is -2.25. The van der Waals surface area contributed by atoms with Crippen molar-refractivity contribution in [2.75, 3.05) is 13.1 Å². The van der Waals surface area contributed by atoms with Crippen LogP contribution in [0, 0.1) is 0 Å². The summed E-state index contributed by atoms with van der Waals surface area (Å²) in [5.41, 5.74) is 0. The van der Waals surface area contributed by atoms with Crippen LogP contribution in [0.3, 0.4) is 0 Å². The van der Waals surface area contributed by atoms with Crippen molar-refractivity contribution < 1.29 is 0 Å². The molecule has 0 saturated carbocycles. The van der Waals surface area contributed by atoms with Crippen molar-refractivity contribution in [2.45, 2.75) is 18.7 Å². The third-order valence-corrected chi connectivity index (χ3v) is 5.05. The average molecular weight is 257 g/mol. The molecule has 1 aromatic carbocycles. The van der Waals surface area contributed by atoms with Crippen LogP contribution in [0.5, 0.6) is 0 Å². The Bertz CT molecular complexity index is 296. The van der Waals surface area contributed by atoms with Gasteiger partial charge in [0.25, 0.3) is 0 Å². The summed E-state index contributed by atoms with van der Waals surface area (Å²) in [6, 6.07) is 10.3. The van der Waals surface area contributed by atoms with Gasteiger partial charge in [-0.2, -0.15) is 0 Å². The predicted molar refractivity (Wildman–Crippen MR) is 75.4 cm³/mol. The Morgan fingerprint density at radius 3 is 2.33 bits per heavy atom. The second-order valence-corrected chi connectivity index (χ2v) is 5.75. The van der Waals surface area contributed by atoms with Gasteiger partial charge in [-0.1, -0.05) is 41.2 Å². The first kappa shape index (κ1) is 12.9. The molecule has 0 aliphatic rings. The minimum Gasteiger partial charge on any atom is -0.357 e.